The van der Waals surface area contributed by atoms with Gasteiger partial charge in [0.05, 0.1) is 5.39 Å². The molecule has 0 radical (unpaired) electrons. The van der Waals surface area contributed by atoms with Gasteiger partial charge < -0.3 is 20.1 Å². The van der Waals surface area contributed by atoms with Crippen molar-refractivity contribution in [2.45, 2.75) is 52.1 Å². The first-order valence-corrected chi connectivity index (χ1v) is 13.0. The van der Waals surface area contributed by atoms with Gasteiger partial charge in [0.15, 0.2) is 17.2 Å². The van der Waals surface area contributed by atoms with Crippen LogP contribution in [0.25, 0.3) is 22.2 Å². The molecule has 10 nitrogen and oxygen atoms in total. The van der Waals surface area contributed by atoms with E-state index in [0.29, 0.717) is 41.4 Å². The Morgan fingerprint density at radius 3 is 2.80 bits per heavy atom. The summed E-state index contributed by atoms with van der Waals surface area (Å²) in [5.41, 5.74) is 2.14. The Hall–Kier alpha value is -4.72. The number of carbonyl (C=O) groups excluding carboxylic acids is 2. The number of rotatable bonds is 6. The number of pyridine rings is 1. The third kappa shape index (κ3) is 5.52. The summed E-state index contributed by atoms with van der Waals surface area (Å²) in [6.45, 7) is 8.63. The number of anilines is 1. The Labute approximate surface area is 230 Å². The van der Waals surface area contributed by atoms with Gasteiger partial charge in [-0.1, -0.05) is 44.0 Å². The highest BCUT2D eigenvalue weighted by Gasteiger charge is 2.27. The quantitative estimate of drug-likeness (QED) is 0.313. The van der Waals surface area contributed by atoms with Crippen LogP contribution in [0.15, 0.2) is 41.1 Å². The van der Waals surface area contributed by atoms with Crippen molar-refractivity contribution in [1.82, 2.24) is 30.6 Å². The number of H-pyrrole nitrogens is 1. The second kappa shape index (κ2) is 10.8. The van der Waals surface area contributed by atoms with Crippen LogP contribution in [0.1, 0.15) is 55.9 Å². The number of nitrogens with zero attached hydrogens (tertiary/aromatic N) is 4. The largest absolute Gasteiger partial charge is 0.363 e. The van der Waals surface area contributed by atoms with Crippen molar-refractivity contribution in [2.75, 3.05) is 18.4 Å². The molecule has 3 N–H and O–H groups in total. The van der Waals surface area contributed by atoms with Crippen molar-refractivity contribution >= 4 is 28.7 Å². The Bertz CT molecular complexity index is 1640. The molecule has 0 saturated carbocycles. The number of likely N-dealkylation sites (tertiary alicyclic amines) is 1. The Balaban J connectivity index is 1.31. The third-order valence-electron chi connectivity index (χ3n) is 6.80. The van der Waals surface area contributed by atoms with Crippen molar-refractivity contribution < 1.29 is 18.5 Å². The summed E-state index contributed by atoms with van der Waals surface area (Å²) < 4.78 is 20.5. The van der Waals surface area contributed by atoms with Gasteiger partial charge in [-0.05, 0) is 42.5 Å². The van der Waals surface area contributed by atoms with Crippen LogP contribution in [0.3, 0.4) is 0 Å². The minimum Gasteiger partial charge on any atom is -0.363 e. The van der Waals surface area contributed by atoms with E-state index in [1.54, 1.807) is 42.3 Å². The van der Waals surface area contributed by atoms with Gasteiger partial charge in [0.1, 0.15) is 11.6 Å². The van der Waals surface area contributed by atoms with Gasteiger partial charge >= 0.3 is 0 Å². The summed E-state index contributed by atoms with van der Waals surface area (Å²) in [4.78, 5) is 30.7. The molecule has 0 aliphatic carbocycles. The number of benzene rings is 1. The molecule has 3 aromatic heterocycles. The molecule has 0 unspecified atom stereocenters. The fourth-order valence-corrected chi connectivity index (χ4v) is 4.60. The first-order chi connectivity index (χ1) is 19.1. The summed E-state index contributed by atoms with van der Waals surface area (Å²) in [6.07, 6.45) is 2.39. The van der Waals surface area contributed by atoms with E-state index in [1.165, 1.54) is 6.07 Å². The first kappa shape index (κ1) is 26.9. The summed E-state index contributed by atoms with van der Waals surface area (Å²) in [5, 5.41) is 18.0. The molecule has 1 aliphatic heterocycles. The number of aromatic nitrogens is 4. The molecule has 0 spiro atoms. The third-order valence-corrected chi connectivity index (χ3v) is 6.80. The Morgan fingerprint density at radius 2 is 2.08 bits per heavy atom. The van der Waals surface area contributed by atoms with E-state index in [0.717, 1.165) is 17.4 Å². The highest BCUT2D eigenvalue weighted by atomic mass is 19.1. The van der Waals surface area contributed by atoms with Crippen LogP contribution in [0.2, 0.25) is 0 Å². The number of halogens is 1. The minimum atomic E-state index is -0.460. The summed E-state index contributed by atoms with van der Waals surface area (Å²) in [6, 6.07) is 8.26. The molecule has 1 atom stereocenters. The van der Waals surface area contributed by atoms with Crippen LogP contribution in [0.4, 0.5) is 10.2 Å². The highest BCUT2D eigenvalue weighted by molar-refractivity contribution is 6.00. The normalized spacial score (nSPS) is 15.1. The van der Waals surface area contributed by atoms with Gasteiger partial charge in [-0.15, -0.1) is 0 Å². The van der Waals surface area contributed by atoms with E-state index >= 15 is 4.39 Å². The molecule has 1 fully saturated rings. The van der Waals surface area contributed by atoms with Crippen LogP contribution in [0.5, 0.6) is 0 Å². The number of carbonyl (C=O) groups is 2. The Kier molecular flexibility index (Phi) is 7.26. The standard InChI is InChI=1S/C29H30FN7O3/c1-5-6-24(38)37-12-10-19(16-37)33-27-25-20(9-11-31-26(25)34-35-27)17-7-8-18(21(30)13-17)15-32-28(39)22-14-23(40-36-22)29(2,3)4/h7-9,11,13-14,19H,10,12,15-16H2,1-4H3,(H,32,39)(H2,31,33,34,35)/t19-/m1/s1. The lowest BCUT2D eigenvalue weighted by atomic mass is 9.93. The van der Waals surface area contributed by atoms with Gasteiger partial charge in [-0.3, -0.25) is 14.7 Å². The second-order valence-corrected chi connectivity index (χ2v) is 10.7. The summed E-state index contributed by atoms with van der Waals surface area (Å²) in [5.74, 6) is 5.30. The molecule has 4 aromatic rings. The lowest BCUT2D eigenvalue weighted by molar-refractivity contribution is -0.124. The molecular formula is C29H30FN7O3. The van der Waals surface area contributed by atoms with Crippen LogP contribution in [0, 0.1) is 17.7 Å². The molecule has 2 amide bonds. The van der Waals surface area contributed by atoms with Crippen LogP contribution >= 0.6 is 0 Å². The first-order valence-electron chi connectivity index (χ1n) is 13.0. The predicted octanol–water partition coefficient (Wildman–Crippen LogP) is 4.02. The highest BCUT2D eigenvalue weighted by Crippen LogP contribution is 2.33. The van der Waals surface area contributed by atoms with Crippen molar-refractivity contribution in [3.05, 3.63) is 59.4 Å². The van der Waals surface area contributed by atoms with Gasteiger partial charge in [-0.25, -0.2) is 9.37 Å². The molecular weight excluding hydrogens is 513 g/mol. The van der Waals surface area contributed by atoms with Gasteiger partial charge in [0, 0.05) is 48.9 Å². The van der Waals surface area contributed by atoms with Crippen molar-refractivity contribution in [3.8, 4) is 23.0 Å². The van der Waals surface area contributed by atoms with E-state index in [-0.39, 0.29) is 29.6 Å². The van der Waals surface area contributed by atoms with E-state index in [4.69, 9.17) is 4.52 Å². The average molecular weight is 544 g/mol. The molecule has 4 heterocycles. The second-order valence-electron chi connectivity index (χ2n) is 10.7. The molecule has 1 aromatic carbocycles. The van der Waals surface area contributed by atoms with E-state index in [9.17, 15) is 9.59 Å². The van der Waals surface area contributed by atoms with Gasteiger partial charge in [0.2, 0.25) is 0 Å². The van der Waals surface area contributed by atoms with Gasteiger partial charge in [0.25, 0.3) is 11.8 Å². The van der Waals surface area contributed by atoms with Crippen LogP contribution < -0.4 is 10.6 Å². The van der Waals surface area contributed by atoms with Gasteiger partial charge in [-0.2, -0.15) is 5.10 Å². The number of nitrogens with one attached hydrogen (secondary N) is 3. The van der Waals surface area contributed by atoms with E-state index < -0.39 is 11.7 Å². The number of aromatic amines is 1. The topological polar surface area (TPSA) is 129 Å². The maximum absolute atomic E-state index is 15.2. The predicted molar refractivity (Wildman–Crippen MR) is 148 cm³/mol. The molecule has 1 saturated heterocycles. The molecule has 5 rings (SSSR count). The molecule has 40 heavy (non-hydrogen) atoms. The van der Waals surface area contributed by atoms with Crippen molar-refractivity contribution in [1.29, 1.82) is 0 Å². The van der Waals surface area contributed by atoms with Crippen molar-refractivity contribution in [2.24, 2.45) is 0 Å². The average Bonchev–Trinajstić information content (AvgIpc) is 3.68. The number of amides is 2. The number of hydrogen-bond donors (Lipinski definition) is 3. The summed E-state index contributed by atoms with van der Waals surface area (Å²) >= 11 is 0. The fourth-order valence-electron chi connectivity index (χ4n) is 4.60. The van der Waals surface area contributed by atoms with E-state index in [1.807, 2.05) is 20.8 Å². The SMILES string of the molecule is CC#CC(=O)N1CC[C@@H](Nc2n[nH]c3nccc(-c4ccc(CNC(=O)c5cc(C(C)(C)C)on5)c(F)c4)c23)C1. The van der Waals surface area contributed by atoms with Crippen molar-refractivity contribution in [3.63, 3.8) is 0 Å². The zero-order valence-corrected chi connectivity index (χ0v) is 22.8. The van der Waals surface area contributed by atoms with Crippen LogP contribution in [-0.2, 0) is 16.8 Å². The maximum Gasteiger partial charge on any atom is 0.298 e. The lowest BCUT2D eigenvalue weighted by Gasteiger charge is -2.15. The zero-order chi connectivity index (χ0) is 28.4. The molecule has 206 valence electrons. The van der Waals surface area contributed by atoms with Crippen LogP contribution in [-0.4, -0.2) is 56.2 Å². The number of hydrogen-bond acceptors (Lipinski definition) is 7. The molecule has 11 heteroatoms. The molecule has 1 aliphatic rings. The molecule has 0 bridgehead atoms. The maximum atomic E-state index is 15.2. The Morgan fingerprint density at radius 1 is 1.25 bits per heavy atom. The lowest BCUT2D eigenvalue weighted by Crippen LogP contribution is -2.30. The monoisotopic (exact) mass is 543 g/mol. The smallest absolute Gasteiger partial charge is 0.298 e. The number of fused-ring (bicyclic) bond motifs is 1. The summed E-state index contributed by atoms with van der Waals surface area (Å²) in [7, 11) is 0. The zero-order valence-electron chi connectivity index (χ0n) is 22.8. The fraction of sp³-hybridized carbons (Fsp3) is 0.345. The minimum absolute atomic E-state index is 0.00548. The van der Waals surface area contributed by atoms with E-state index in [2.05, 4.69) is 42.8 Å².